The standard InChI is InChI=1S/C14H23NO/c1-4-12(3)13-8-6-7-9-14(13)16-11-10-15-5-2/h6-9,12,15H,4-5,10-11H2,1-3H3/t12-/m0/s1. The Hall–Kier alpha value is -1.02. The fourth-order valence-corrected chi connectivity index (χ4v) is 1.65. The Bertz CT molecular complexity index is 299. The Morgan fingerprint density at radius 2 is 2.00 bits per heavy atom. The predicted octanol–water partition coefficient (Wildman–Crippen LogP) is 3.19. The molecule has 0 amide bonds. The first kappa shape index (κ1) is 13.0. The van der Waals surface area contributed by atoms with Crippen molar-refractivity contribution in [1.29, 1.82) is 0 Å². The lowest BCUT2D eigenvalue weighted by molar-refractivity contribution is 0.310. The lowest BCUT2D eigenvalue weighted by atomic mass is 9.98. The highest BCUT2D eigenvalue weighted by molar-refractivity contribution is 5.35. The maximum absolute atomic E-state index is 5.80. The van der Waals surface area contributed by atoms with Crippen molar-refractivity contribution < 1.29 is 4.74 Å². The molecule has 16 heavy (non-hydrogen) atoms. The van der Waals surface area contributed by atoms with Gasteiger partial charge in [0.1, 0.15) is 12.4 Å². The van der Waals surface area contributed by atoms with Crippen LogP contribution in [0.4, 0.5) is 0 Å². The summed E-state index contributed by atoms with van der Waals surface area (Å²) in [5.41, 5.74) is 1.32. The number of benzene rings is 1. The molecule has 0 aliphatic rings. The van der Waals surface area contributed by atoms with E-state index in [0.29, 0.717) is 5.92 Å². The van der Waals surface area contributed by atoms with E-state index in [1.807, 2.05) is 6.07 Å². The normalized spacial score (nSPS) is 12.4. The Kier molecular flexibility index (Phi) is 5.94. The summed E-state index contributed by atoms with van der Waals surface area (Å²) in [7, 11) is 0. The molecule has 2 nitrogen and oxygen atoms in total. The Labute approximate surface area is 99.0 Å². The molecule has 0 unspecified atom stereocenters. The number of hydrogen-bond donors (Lipinski definition) is 1. The Morgan fingerprint density at radius 1 is 1.25 bits per heavy atom. The summed E-state index contributed by atoms with van der Waals surface area (Å²) in [6.45, 7) is 9.20. The van der Waals surface area contributed by atoms with E-state index in [1.54, 1.807) is 0 Å². The van der Waals surface area contributed by atoms with Gasteiger partial charge < -0.3 is 10.1 Å². The van der Waals surface area contributed by atoms with Gasteiger partial charge in [0.05, 0.1) is 0 Å². The van der Waals surface area contributed by atoms with Crippen molar-refractivity contribution in [3.63, 3.8) is 0 Å². The van der Waals surface area contributed by atoms with Gasteiger partial charge in [0.25, 0.3) is 0 Å². The van der Waals surface area contributed by atoms with Crippen LogP contribution in [-0.4, -0.2) is 19.7 Å². The number of ether oxygens (including phenoxy) is 1. The summed E-state index contributed by atoms with van der Waals surface area (Å²) < 4.78 is 5.80. The maximum atomic E-state index is 5.80. The summed E-state index contributed by atoms with van der Waals surface area (Å²) in [5.74, 6) is 1.60. The van der Waals surface area contributed by atoms with Gasteiger partial charge in [0, 0.05) is 6.54 Å². The average molecular weight is 221 g/mol. The lowest BCUT2D eigenvalue weighted by Gasteiger charge is -2.15. The van der Waals surface area contributed by atoms with Crippen LogP contribution in [0, 0.1) is 0 Å². The minimum Gasteiger partial charge on any atom is -0.492 e. The zero-order valence-corrected chi connectivity index (χ0v) is 10.6. The number of likely N-dealkylation sites (N-methyl/N-ethyl adjacent to an activating group) is 1. The van der Waals surface area contributed by atoms with E-state index in [-0.39, 0.29) is 0 Å². The molecule has 1 aromatic rings. The number of rotatable bonds is 7. The molecule has 0 radical (unpaired) electrons. The molecular formula is C14H23NO. The smallest absolute Gasteiger partial charge is 0.122 e. The molecule has 1 atom stereocenters. The van der Waals surface area contributed by atoms with Crippen LogP contribution in [0.3, 0.4) is 0 Å². The summed E-state index contributed by atoms with van der Waals surface area (Å²) in [6, 6.07) is 8.34. The highest BCUT2D eigenvalue weighted by atomic mass is 16.5. The fraction of sp³-hybridized carbons (Fsp3) is 0.571. The first-order valence-corrected chi connectivity index (χ1v) is 6.22. The van der Waals surface area contributed by atoms with Gasteiger partial charge >= 0.3 is 0 Å². The van der Waals surface area contributed by atoms with Crippen LogP contribution in [0.15, 0.2) is 24.3 Å². The fourth-order valence-electron chi connectivity index (χ4n) is 1.65. The summed E-state index contributed by atoms with van der Waals surface area (Å²) in [4.78, 5) is 0. The van der Waals surface area contributed by atoms with Gasteiger partial charge in [-0.2, -0.15) is 0 Å². The molecule has 2 heteroatoms. The SMILES string of the molecule is CCNCCOc1ccccc1[C@@H](C)CC. The van der Waals surface area contributed by atoms with Gasteiger partial charge in [-0.15, -0.1) is 0 Å². The monoisotopic (exact) mass is 221 g/mol. The van der Waals surface area contributed by atoms with Crippen molar-refractivity contribution >= 4 is 0 Å². The lowest BCUT2D eigenvalue weighted by Crippen LogP contribution is -2.20. The molecule has 0 fully saturated rings. The first-order valence-electron chi connectivity index (χ1n) is 6.22. The summed E-state index contributed by atoms with van der Waals surface area (Å²) >= 11 is 0. The van der Waals surface area contributed by atoms with Crippen molar-refractivity contribution in [1.82, 2.24) is 5.32 Å². The third-order valence-electron chi connectivity index (χ3n) is 2.85. The predicted molar refractivity (Wildman–Crippen MR) is 69.2 cm³/mol. The molecule has 0 heterocycles. The van der Waals surface area contributed by atoms with E-state index in [1.165, 1.54) is 5.56 Å². The highest BCUT2D eigenvalue weighted by Crippen LogP contribution is 2.28. The van der Waals surface area contributed by atoms with Crippen molar-refractivity contribution in [2.45, 2.75) is 33.1 Å². The van der Waals surface area contributed by atoms with E-state index in [0.717, 1.165) is 31.9 Å². The molecule has 1 N–H and O–H groups in total. The van der Waals surface area contributed by atoms with Gasteiger partial charge in [0.15, 0.2) is 0 Å². The van der Waals surface area contributed by atoms with Crippen LogP contribution in [0.5, 0.6) is 5.75 Å². The molecule has 0 saturated heterocycles. The number of nitrogens with one attached hydrogen (secondary N) is 1. The van der Waals surface area contributed by atoms with E-state index in [9.17, 15) is 0 Å². The quantitative estimate of drug-likeness (QED) is 0.714. The largest absolute Gasteiger partial charge is 0.492 e. The minimum atomic E-state index is 0.565. The van der Waals surface area contributed by atoms with E-state index < -0.39 is 0 Å². The Morgan fingerprint density at radius 3 is 2.69 bits per heavy atom. The van der Waals surface area contributed by atoms with Crippen LogP contribution in [0.25, 0.3) is 0 Å². The zero-order valence-electron chi connectivity index (χ0n) is 10.6. The van der Waals surface area contributed by atoms with Gasteiger partial charge in [-0.25, -0.2) is 0 Å². The maximum Gasteiger partial charge on any atom is 0.122 e. The van der Waals surface area contributed by atoms with Crippen LogP contribution in [0.2, 0.25) is 0 Å². The highest BCUT2D eigenvalue weighted by Gasteiger charge is 2.08. The Balaban J connectivity index is 2.57. The zero-order chi connectivity index (χ0) is 11.8. The van der Waals surface area contributed by atoms with E-state index >= 15 is 0 Å². The number of para-hydroxylation sites is 1. The van der Waals surface area contributed by atoms with E-state index in [4.69, 9.17) is 4.74 Å². The van der Waals surface area contributed by atoms with Crippen molar-refractivity contribution in [3.05, 3.63) is 29.8 Å². The average Bonchev–Trinajstić information content (AvgIpc) is 2.34. The molecule has 90 valence electrons. The minimum absolute atomic E-state index is 0.565. The molecule has 0 bridgehead atoms. The van der Waals surface area contributed by atoms with Crippen LogP contribution >= 0.6 is 0 Å². The molecule has 0 spiro atoms. The molecule has 0 aromatic heterocycles. The van der Waals surface area contributed by atoms with E-state index in [2.05, 4.69) is 44.3 Å². The summed E-state index contributed by atoms with van der Waals surface area (Å²) in [5, 5.41) is 3.26. The van der Waals surface area contributed by atoms with Gasteiger partial charge in [-0.05, 0) is 30.5 Å². The second kappa shape index (κ2) is 7.29. The van der Waals surface area contributed by atoms with Gasteiger partial charge in [0.2, 0.25) is 0 Å². The second-order valence-electron chi connectivity index (χ2n) is 4.05. The molecule has 0 saturated carbocycles. The third kappa shape index (κ3) is 3.86. The van der Waals surface area contributed by atoms with Crippen LogP contribution < -0.4 is 10.1 Å². The van der Waals surface area contributed by atoms with Crippen LogP contribution in [-0.2, 0) is 0 Å². The second-order valence-corrected chi connectivity index (χ2v) is 4.05. The molecule has 1 rings (SSSR count). The van der Waals surface area contributed by atoms with Gasteiger partial charge in [-0.1, -0.05) is 39.0 Å². The van der Waals surface area contributed by atoms with Crippen molar-refractivity contribution in [3.8, 4) is 5.75 Å². The first-order chi connectivity index (χ1) is 7.79. The molecule has 0 aliphatic heterocycles. The third-order valence-corrected chi connectivity index (χ3v) is 2.85. The topological polar surface area (TPSA) is 21.3 Å². The summed E-state index contributed by atoms with van der Waals surface area (Å²) in [6.07, 6.45) is 1.15. The van der Waals surface area contributed by atoms with Crippen molar-refractivity contribution in [2.24, 2.45) is 0 Å². The molecule has 1 aromatic carbocycles. The van der Waals surface area contributed by atoms with Crippen LogP contribution in [0.1, 0.15) is 38.7 Å². The molecule has 0 aliphatic carbocycles. The van der Waals surface area contributed by atoms with Gasteiger partial charge in [-0.3, -0.25) is 0 Å². The van der Waals surface area contributed by atoms with Crippen molar-refractivity contribution in [2.75, 3.05) is 19.7 Å². The number of hydrogen-bond acceptors (Lipinski definition) is 2. The molecular weight excluding hydrogens is 198 g/mol.